The molecular weight excluding hydrogens is 335 g/mol. The van der Waals surface area contributed by atoms with Gasteiger partial charge >= 0.3 is 6.36 Å². The maximum absolute atomic E-state index is 12.2. The second-order valence-electron chi connectivity index (χ2n) is 4.58. The van der Waals surface area contributed by atoms with E-state index in [9.17, 15) is 13.2 Å². The first kappa shape index (κ1) is 15.3. The van der Waals surface area contributed by atoms with E-state index in [0.29, 0.717) is 22.7 Å². The molecule has 2 aromatic heterocycles. The highest BCUT2D eigenvalue weighted by Crippen LogP contribution is 2.29. The van der Waals surface area contributed by atoms with Gasteiger partial charge in [-0.15, -0.1) is 13.2 Å². The third kappa shape index (κ3) is 3.00. The molecular formula is C13H9ClF3N5O. The number of nitrogens with two attached hydrogens (primary N) is 1. The summed E-state index contributed by atoms with van der Waals surface area (Å²) in [6, 6.07) is 5.12. The first-order valence-corrected chi connectivity index (χ1v) is 6.66. The van der Waals surface area contributed by atoms with Crippen LogP contribution in [0.25, 0.3) is 16.9 Å². The van der Waals surface area contributed by atoms with Gasteiger partial charge in [-0.3, -0.25) is 4.57 Å². The van der Waals surface area contributed by atoms with Gasteiger partial charge in [-0.25, -0.2) is 9.97 Å². The third-order valence-corrected chi connectivity index (χ3v) is 3.20. The van der Waals surface area contributed by atoms with Crippen molar-refractivity contribution in [2.24, 2.45) is 0 Å². The number of aryl methyl sites for hydroxylation is 1. The molecule has 0 saturated heterocycles. The van der Waals surface area contributed by atoms with Gasteiger partial charge in [0, 0.05) is 5.69 Å². The molecule has 0 fully saturated rings. The molecule has 120 valence electrons. The van der Waals surface area contributed by atoms with Crippen LogP contribution in [0.1, 0.15) is 5.82 Å². The van der Waals surface area contributed by atoms with E-state index in [-0.39, 0.29) is 16.9 Å². The maximum Gasteiger partial charge on any atom is 0.573 e. The number of nitrogens with zero attached hydrogens (tertiary/aromatic N) is 4. The molecule has 2 heterocycles. The first-order valence-electron chi connectivity index (χ1n) is 6.29. The number of nitrogen functional groups attached to an aromatic ring is 1. The van der Waals surface area contributed by atoms with Crippen LogP contribution in [0.15, 0.2) is 24.3 Å². The quantitative estimate of drug-likeness (QED) is 0.722. The lowest BCUT2D eigenvalue weighted by molar-refractivity contribution is -0.274. The molecule has 6 nitrogen and oxygen atoms in total. The molecule has 23 heavy (non-hydrogen) atoms. The van der Waals surface area contributed by atoms with Crippen LogP contribution in [0.4, 0.5) is 19.1 Å². The summed E-state index contributed by atoms with van der Waals surface area (Å²) in [4.78, 5) is 12.2. The molecule has 0 radical (unpaired) electrons. The molecule has 3 aromatic rings. The fourth-order valence-electron chi connectivity index (χ4n) is 2.12. The van der Waals surface area contributed by atoms with E-state index in [4.69, 9.17) is 17.3 Å². The molecule has 0 aliphatic carbocycles. The fourth-order valence-corrected chi connectivity index (χ4v) is 2.41. The number of hydrogen-bond acceptors (Lipinski definition) is 5. The molecule has 2 N–H and O–H groups in total. The fraction of sp³-hybridized carbons (Fsp3) is 0.154. The molecule has 0 aliphatic heterocycles. The zero-order valence-corrected chi connectivity index (χ0v) is 12.4. The highest BCUT2D eigenvalue weighted by molar-refractivity contribution is 6.33. The van der Waals surface area contributed by atoms with Crippen LogP contribution in [-0.4, -0.2) is 25.9 Å². The van der Waals surface area contributed by atoms with Crippen LogP contribution in [0.5, 0.6) is 5.75 Å². The van der Waals surface area contributed by atoms with Crippen LogP contribution in [-0.2, 0) is 0 Å². The highest BCUT2D eigenvalue weighted by atomic mass is 35.5. The van der Waals surface area contributed by atoms with Gasteiger partial charge in [0.15, 0.2) is 10.8 Å². The van der Waals surface area contributed by atoms with Crippen molar-refractivity contribution in [1.82, 2.24) is 19.5 Å². The predicted octanol–water partition coefficient (Wildman–Crippen LogP) is 3.26. The number of benzene rings is 1. The highest BCUT2D eigenvalue weighted by Gasteiger charge is 2.31. The number of anilines is 1. The normalized spacial score (nSPS) is 11.9. The average molecular weight is 344 g/mol. The molecule has 0 unspecified atom stereocenters. The smallest absolute Gasteiger partial charge is 0.406 e. The Balaban J connectivity index is 2.08. The maximum atomic E-state index is 12.2. The number of imidazole rings is 1. The average Bonchev–Trinajstić information content (AvgIpc) is 2.74. The van der Waals surface area contributed by atoms with Crippen molar-refractivity contribution < 1.29 is 17.9 Å². The van der Waals surface area contributed by atoms with E-state index in [0.717, 1.165) is 12.1 Å². The van der Waals surface area contributed by atoms with Crippen molar-refractivity contribution in [3.8, 4) is 11.4 Å². The van der Waals surface area contributed by atoms with Crippen molar-refractivity contribution in [2.75, 3.05) is 5.73 Å². The summed E-state index contributed by atoms with van der Waals surface area (Å²) in [6.45, 7) is 1.66. The van der Waals surface area contributed by atoms with Gasteiger partial charge in [0.05, 0.1) is 0 Å². The number of alkyl halides is 3. The van der Waals surface area contributed by atoms with Crippen molar-refractivity contribution >= 4 is 28.7 Å². The third-order valence-electron chi connectivity index (χ3n) is 2.94. The summed E-state index contributed by atoms with van der Waals surface area (Å²) in [5.41, 5.74) is 6.99. The zero-order chi connectivity index (χ0) is 16.8. The van der Waals surface area contributed by atoms with E-state index >= 15 is 0 Å². The number of ether oxygens (including phenoxy) is 1. The summed E-state index contributed by atoms with van der Waals surface area (Å²) < 4.78 is 41.8. The lowest BCUT2D eigenvalue weighted by Crippen LogP contribution is -2.17. The lowest BCUT2D eigenvalue weighted by atomic mass is 10.3. The molecule has 1 aromatic carbocycles. The Bertz CT molecular complexity index is 876. The summed E-state index contributed by atoms with van der Waals surface area (Å²) in [6.07, 6.45) is -4.75. The molecule has 0 saturated carbocycles. The van der Waals surface area contributed by atoms with Crippen molar-refractivity contribution in [3.63, 3.8) is 0 Å². The molecule has 0 atom stereocenters. The Morgan fingerprint density at radius 3 is 2.39 bits per heavy atom. The number of rotatable bonds is 2. The van der Waals surface area contributed by atoms with Gasteiger partial charge < -0.3 is 10.5 Å². The minimum atomic E-state index is -4.75. The van der Waals surface area contributed by atoms with E-state index < -0.39 is 6.36 Å². The molecule has 0 bridgehead atoms. The molecule has 3 rings (SSSR count). The number of halogens is 4. The Labute approximate surface area is 132 Å². The lowest BCUT2D eigenvalue weighted by Gasteiger charge is -2.11. The monoisotopic (exact) mass is 343 g/mol. The van der Waals surface area contributed by atoms with E-state index in [2.05, 4.69) is 19.7 Å². The summed E-state index contributed by atoms with van der Waals surface area (Å²) in [5.74, 6) is 0.176. The van der Waals surface area contributed by atoms with Gasteiger partial charge in [-0.1, -0.05) is 11.6 Å². The van der Waals surface area contributed by atoms with Crippen LogP contribution < -0.4 is 10.5 Å². The van der Waals surface area contributed by atoms with E-state index in [1.807, 2.05) is 0 Å². The topological polar surface area (TPSA) is 78.9 Å². The van der Waals surface area contributed by atoms with Gasteiger partial charge in [0.2, 0.25) is 5.95 Å². The van der Waals surface area contributed by atoms with Crippen LogP contribution in [0.2, 0.25) is 5.15 Å². The Kier molecular flexibility index (Phi) is 3.52. The number of aromatic nitrogens is 4. The van der Waals surface area contributed by atoms with Crippen LogP contribution in [0.3, 0.4) is 0 Å². The van der Waals surface area contributed by atoms with Crippen LogP contribution in [0, 0.1) is 6.92 Å². The minimum Gasteiger partial charge on any atom is -0.406 e. The molecule has 10 heteroatoms. The van der Waals surface area contributed by atoms with Gasteiger partial charge in [-0.2, -0.15) is 4.98 Å². The second kappa shape index (κ2) is 5.27. The molecule has 0 spiro atoms. The number of fused-ring (bicyclic) bond motifs is 1. The number of hydrogen-bond donors (Lipinski definition) is 1. The minimum absolute atomic E-state index is 0.0892. The standard InChI is InChI=1S/C13H9ClF3N5O/c1-6-19-10(14)9-11(20-6)21-12(18)22(9)7-2-4-8(5-3-7)23-13(15,16)17/h2-5H,1H3,(H2,18,19,20,21). The molecule has 0 aliphatic rings. The van der Waals surface area contributed by atoms with Gasteiger partial charge in [0.25, 0.3) is 0 Å². The molecule has 0 amide bonds. The van der Waals surface area contributed by atoms with E-state index in [1.54, 1.807) is 6.92 Å². The summed E-state index contributed by atoms with van der Waals surface area (Å²) in [5, 5.41) is 0.146. The summed E-state index contributed by atoms with van der Waals surface area (Å²) >= 11 is 6.11. The van der Waals surface area contributed by atoms with Gasteiger partial charge in [-0.05, 0) is 31.2 Å². The van der Waals surface area contributed by atoms with Crippen molar-refractivity contribution in [3.05, 3.63) is 35.2 Å². The zero-order valence-electron chi connectivity index (χ0n) is 11.6. The summed E-state index contributed by atoms with van der Waals surface area (Å²) in [7, 11) is 0. The first-order chi connectivity index (χ1) is 10.7. The predicted molar refractivity (Wildman–Crippen MR) is 77.5 cm³/mol. The Morgan fingerprint density at radius 2 is 1.78 bits per heavy atom. The second-order valence-corrected chi connectivity index (χ2v) is 4.94. The largest absolute Gasteiger partial charge is 0.573 e. The Hall–Kier alpha value is -2.55. The van der Waals surface area contributed by atoms with Crippen LogP contribution >= 0.6 is 11.6 Å². The SMILES string of the molecule is Cc1nc(Cl)c2c(n1)nc(N)n2-c1ccc(OC(F)(F)F)cc1. The Morgan fingerprint density at radius 1 is 1.13 bits per heavy atom. The van der Waals surface area contributed by atoms with Gasteiger partial charge in [0.1, 0.15) is 17.1 Å². The van der Waals surface area contributed by atoms with Crippen molar-refractivity contribution in [2.45, 2.75) is 13.3 Å². The van der Waals surface area contributed by atoms with Crippen molar-refractivity contribution in [1.29, 1.82) is 0 Å². The van der Waals surface area contributed by atoms with E-state index in [1.165, 1.54) is 16.7 Å².